The van der Waals surface area contributed by atoms with Crippen LogP contribution in [0.15, 0.2) is 0 Å². The van der Waals surface area contributed by atoms with Crippen molar-refractivity contribution in [3.05, 3.63) is 0 Å². The quantitative estimate of drug-likeness (QED) is 0.564. The van der Waals surface area contributed by atoms with E-state index in [1.165, 1.54) is 0 Å². The second-order valence-corrected chi connectivity index (χ2v) is 3.90. The SMILES string of the molecule is CC1(C)O[C@H]2O[C@H](CO)[C@@H](N)[C@H]2O1. The molecule has 2 heterocycles. The Bertz CT molecular complexity index is 208. The second kappa shape index (κ2) is 2.90. The summed E-state index contributed by atoms with van der Waals surface area (Å²) < 4.78 is 16.3. The van der Waals surface area contributed by atoms with E-state index in [1.54, 1.807) is 0 Å². The molecule has 0 aromatic carbocycles. The van der Waals surface area contributed by atoms with Crippen molar-refractivity contribution in [1.82, 2.24) is 0 Å². The molecule has 0 aliphatic carbocycles. The van der Waals surface area contributed by atoms with Gasteiger partial charge in [0, 0.05) is 0 Å². The highest BCUT2D eigenvalue weighted by Gasteiger charge is 2.53. The lowest BCUT2D eigenvalue weighted by molar-refractivity contribution is -0.209. The third-order valence-corrected chi connectivity index (χ3v) is 2.39. The molecule has 76 valence electrons. The average Bonchev–Trinajstić information content (AvgIpc) is 2.47. The van der Waals surface area contributed by atoms with Crippen molar-refractivity contribution in [1.29, 1.82) is 0 Å². The molecule has 0 aromatic heterocycles. The predicted octanol–water partition coefficient (Wildman–Crippen LogP) is -0.818. The Labute approximate surface area is 76.8 Å². The van der Waals surface area contributed by atoms with Gasteiger partial charge in [0.15, 0.2) is 12.1 Å². The summed E-state index contributed by atoms with van der Waals surface area (Å²) in [6.45, 7) is 3.53. The van der Waals surface area contributed by atoms with E-state index in [0.29, 0.717) is 0 Å². The first-order valence-electron chi connectivity index (χ1n) is 4.41. The molecule has 5 nitrogen and oxygen atoms in total. The number of aliphatic hydroxyl groups excluding tert-OH is 1. The first kappa shape index (κ1) is 9.36. The number of nitrogens with two attached hydrogens (primary N) is 1. The van der Waals surface area contributed by atoms with Crippen molar-refractivity contribution in [2.24, 2.45) is 5.73 Å². The van der Waals surface area contributed by atoms with Crippen LogP contribution in [0.5, 0.6) is 0 Å². The average molecular weight is 189 g/mol. The lowest BCUT2D eigenvalue weighted by Gasteiger charge is -2.22. The van der Waals surface area contributed by atoms with Crippen LogP contribution in [0.1, 0.15) is 13.8 Å². The number of hydrogen-bond donors (Lipinski definition) is 2. The molecule has 2 fully saturated rings. The summed E-state index contributed by atoms with van der Waals surface area (Å²) in [5.74, 6) is -0.632. The van der Waals surface area contributed by atoms with E-state index in [9.17, 15) is 0 Å². The largest absolute Gasteiger partial charge is 0.394 e. The molecule has 0 saturated carbocycles. The molecule has 0 unspecified atom stereocenters. The second-order valence-electron chi connectivity index (χ2n) is 3.90. The molecule has 0 radical (unpaired) electrons. The number of rotatable bonds is 1. The van der Waals surface area contributed by atoms with E-state index >= 15 is 0 Å². The lowest BCUT2D eigenvalue weighted by atomic mass is 10.1. The van der Waals surface area contributed by atoms with Gasteiger partial charge in [-0.2, -0.15) is 0 Å². The molecule has 2 rings (SSSR count). The van der Waals surface area contributed by atoms with Gasteiger partial charge in [0.05, 0.1) is 12.6 Å². The van der Waals surface area contributed by atoms with E-state index in [-0.39, 0.29) is 24.9 Å². The van der Waals surface area contributed by atoms with E-state index < -0.39 is 12.1 Å². The van der Waals surface area contributed by atoms with E-state index in [1.807, 2.05) is 13.8 Å². The highest BCUT2D eigenvalue weighted by Crippen LogP contribution is 2.36. The zero-order chi connectivity index (χ0) is 9.64. The fourth-order valence-electron chi connectivity index (χ4n) is 1.76. The maximum absolute atomic E-state index is 8.91. The van der Waals surface area contributed by atoms with Crippen LogP contribution in [0.4, 0.5) is 0 Å². The minimum atomic E-state index is -0.632. The molecular weight excluding hydrogens is 174 g/mol. The van der Waals surface area contributed by atoms with Crippen LogP contribution in [0.3, 0.4) is 0 Å². The fraction of sp³-hybridized carbons (Fsp3) is 1.00. The number of fused-ring (bicyclic) bond motifs is 1. The zero-order valence-electron chi connectivity index (χ0n) is 7.77. The van der Waals surface area contributed by atoms with Crippen molar-refractivity contribution in [2.45, 2.75) is 44.2 Å². The fourth-order valence-corrected chi connectivity index (χ4v) is 1.76. The molecule has 5 heteroatoms. The van der Waals surface area contributed by atoms with Crippen LogP contribution in [0.2, 0.25) is 0 Å². The third-order valence-electron chi connectivity index (χ3n) is 2.39. The molecule has 0 bridgehead atoms. The Morgan fingerprint density at radius 3 is 2.62 bits per heavy atom. The number of ether oxygens (including phenoxy) is 3. The van der Waals surface area contributed by atoms with Gasteiger partial charge in [-0.25, -0.2) is 0 Å². The molecule has 2 saturated heterocycles. The summed E-state index contributed by atoms with van der Waals surface area (Å²) in [6, 6.07) is -0.309. The van der Waals surface area contributed by atoms with Crippen LogP contribution in [0.25, 0.3) is 0 Å². The van der Waals surface area contributed by atoms with Gasteiger partial charge in [0.1, 0.15) is 12.2 Å². The maximum atomic E-state index is 8.91. The van der Waals surface area contributed by atoms with Gasteiger partial charge < -0.3 is 25.1 Å². The Hall–Kier alpha value is -0.200. The van der Waals surface area contributed by atoms with Gasteiger partial charge >= 0.3 is 0 Å². The summed E-state index contributed by atoms with van der Waals surface area (Å²) in [7, 11) is 0. The van der Waals surface area contributed by atoms with Crippen molar-refractivity contribution in [3.63, 3.8) is 0 Å². The van der Waals surface area contributed by atoms with E-state index in [4.69, 9.17) is 25.1 Å². The molecule has 2 aliphatic heterocycles. The van der Waals surface area contributed by atoms with Crippen LogP contribution >= 0.6 is 0 Å². The Morgan fingerprint density at radius 2 is 2.08 bits per heavy atom. The van der Waals surface area contributed by atoms with Crippen molar-refractivity contribution >= 4 is 0 Å². The third kappa shape index (κ3) is 1.47. The van der Waals surface area contributed by atoms with Gasteiger partial charge in [-0.3, -0.25) is 0 Å². The monoisotopic (exact) mass is 189 g/mol. The first-order chi connectivity index (χ1) is 6.03. The highest BCUT2D eigenvalue weighted by molar-refractivity contribution is 4.95. The van der Waals surface area contributed by atoms with Gasteiger partial charge in [-0.1, -0.05) is 0 Å². The zero-order valence-corrected chi connectivity index (χ0v) is 7.77. The van der Waals surface area contributed by atoms with Crippen LogP contribution in [-0.2, 0) is 14.2 Å². The number of hydrogen-bond acceptors (Lipinski definition) is 5. The van der Waals surface area contributed by atoms with E-state index in [2.05, 4.69) is 0 Å². The Kier molecular flexibility index (Phi) is 2.08. The molecule has 0 spiro atoms. The predicted molar refractivity (Wildman–Crippen MR) is 43.8 cm³/mol. The van der Waals surface area contributed by atoms with Crippen LogP contribution in [-0.4, -0.2) is 42.0 Å². The maximum Gasteiger partial charge on any atom is 0.189 e. The summed E-state index contributed by atoms with van der Waals surface area (Å²) in [4.78, 5) is 0. The van der Waals surface area contributed by atoms with Gasteiger partial charge in [0.2, 0.25) is 0 Å². The highest BCUT2D eigenvalue weighted by atomic mass is 16.8. The normalized spacial score (nSPS) is 48.0. The topological polar surface area (TPSA) is 73.9 Å². The minimum Gasteiger partial charge on any atom is -0.394 e. The Balaban J connectivity index is 2.07. The summed E-state index contributed by atoms with van der Waals surface area (Å²) in [6.07, 6.45) is -1.06. The molecule has 4 atom stereocenters. The molecular formula is C8H15NO4. The first-order valence-corrected chi connectivity index (χ1v) is 4.41. The van der Waals surface area contributed by atoms with Gasteiger partial charge in [-0.05, 0) is 13.8 Å². The van der Waals surface area contributed by atoms with Crippen molar-refractivity contribution in [3.8, 4) is 0 Å². The van der Waals surface area contributed by atoms with Gasteiger partial charge in [-0.15, -0.1) is 0 Å². The lowest BCUT2D eigenvalue weighted by Crippen LogP contribution is -2.42. The van der Waals surface area contributed by atoms with Crippen LogP contribution < -0.4 is 5.73 Å². The molecule has 0 aromatic rings. The van der Waals surface area contributed by atoms with Crippen molar-refractivity contribution < 1.29 is 19.3 Å². The summed E-state index contributed by atoms with van der Waals surface area (Å²) in [5, 5.41) is 8.91. The Morgan fingerprint density at radius 1 is 1.38 bits per heavy atom. The van der Waals surface area contributed by atoms with E-state index in [0.717, 1.165) is 0 Å². The van der Waals surface area contributed by atoms with Gasteiger partial charge in [0.25, 0.3) is 0 Å². The molecule has 13 heavy (non-hydrogen) atoms. The molecule has 2 aliphatic rings. The van der Waals surface area contributed by atoms with Crippen molar-refractivity contribution in [2.75, 3.05) is 6.61 Å². The smallest absolute Gasteiger partial charge is 0.189 e. The molecule has 3 N–H and O–H groups in total. The summed E-state index contributed by atoms with van der Waals surface area (Å²) >= 11 is 0. The standard InChI is InChI=1S/C8H15NO4/c1-8(2)12-6-5(9)4(3-10)11-7(6)13-8/h4-7,10H,3,9H2,1-2H3/t4-,5-,6-,7-/m1/s1. The molecule has 0 amide bonds. The minimum absolute atomic E-state index is 0.0959. The van der Waals surface area contributed by atoms with Crippen LogP contribution in [0, 0.1) is 0 Å². The summed E-state index contributed by atoms with van der Waals surface area (Å²) in [5.41, 5.74) is 5.81. The number of aliphatic hydroxyl groups is 1.